The zero-order valence-electron chi connectivity index (χ0n) is 11.1. The standard InChI is InChI=1S/C16H20OSi/c1-13-5-2-3-7-16(13)15-10-8-14(9-11-15)6-4-12-17-18/h2-3,5,7-11H,4,6,12H2,1,18H3. The van der Waals surface area contributed by atoms with Crippen LogP contribution in [0.3, 0.4) is 0 Å². The largest absolute Gasteiger partial charge is 0.428 e. The Morgan fingerprint density at radius 1 is 1.00 bits per heavy atom. The molecule has 0 bridgehead atoms. The van der Waals surface area contributed by atoms with Crippen LogP contribution in [0.15, 0.2) is 48.5 Å². The molecule has 0 heterocycles. The zero-order chi connectivity index (χ0) is 12.8. The summed E-state index contributed by atoms with van der Waals surface area (Å²) in [5.41, 5.74) is 5.35. The van der Waals surface area contributed by atoms with Crippen molar-refractivity contribution in [1.29, 1.82) is 0 Å². The summed E-state index contributed by atoms with van der Waals surface area (Å²) >= 11 is 0. The molecule has 0 atom stereocenters. The number of rotatable bonds is 5. The van der Waals surface area contributed by atoms with E-state index >= 15 is 0 Å². The SMILES string of the molecule is Cc1ccccc1-c1ccc(CCCO[SiH3])cc1. The molecule has 1 nitrogen and oxygen atoms in total. The summed E-state index contributed by atoms with van der Waals surface area (Å²) in [6, 6.07) is 17.4. The summed E-state index contributed by atoms with van der Waals surface area (Å²) in [5.74, 6) is 0. The Morgan fingerprint density at radius 3 is 2.39 bits per heavy atom. The fraction of sp³-hybridized carbons (Fsp3) is 0.250. The molecule has 0 saturated carbocycles. The van der Waals surface area contributed by atoms with Crippen molar-refractivity contribution in [3.63, 3.8) is 0 Å². The van der Waals surface area contributed by atoms with Crippen LogP contribution in [0.5, 0.6) is 0 Å². The van der Waals surface area contributed by atoms with Crippen LogP contribution >= 0.6 is 0 Å². The molecule has 0 aliphatic rings. The van der Waals surface area contributed by atoms with E-state index in [1.165, 1.54) is 22.3 Å². The van der Waals surface area contributed by atoms with E-state index in [1.807, 2.05) is 0 Å². The van der Waals surface area contributed by atoms with Crippen molar-refractivity contribution in [3.05, 3.63) is 59.7 Å². The average molecular weight is 256 g/mol. The quantitative estimate of drug-likeness (QED) is 0.590. The lowest BCUT2D eigenvalue weighted by atomic mass is 9.99. The first kappa shape index (κ1) is 13.1. The van der Waals surface area contributed by atoms with Gasteiger partial charge < -0.3 is 4.43 Å². The van der Waals surface area contributed by atoms with Crippen LogP contribution in [0.4, 0.5) is 0 Å². The Labute approximate surface area is 112 Å². The lowest BCUT2D eigenvalue weighted by Crippen LogP contribution is -1.93. The topological polar surface area (TPSA) is 9.23 Å². The van der Waals surface area contributed by atoms with Crippen LogP contribution < -0.4 is 0 Å². The highest BCUT2D eigenvalue weighted by Crippen LogP contribution is 2.23. The molecule has 0 amide bonds. The van der Waals surface area contributed by atoms with Gasteiger partial charge in [-0.2, -0.15) is 0 Å². The minimum atomic E-state index is 0.846. The van der Waals surface area contributed by atoms with Gasteiger partial charge >= 0.3 is 0 Å². The predicted molar refractivity (Wildman–Crippen MR) is 80.8 cm³/mol. The molecular formula is C16H20OSi. The summed E-state index contributed by atoms with van der Waals surface area (Å²) in [7, 11) is 0.846. The van der Waals surface area contributed by atoms with Crippen LogP contribution in [-0.4, -0.2) is 17.1 Å². The van der Waals surface area contributed by atoms with Gasteiger partial charge in [-0.3, -0.25) is 0 Å². The Hall–Kier alpha value is -1.38. The van der Waals surface area contributed by atoms with Crippen molar-refractivity contribution < 1.29 is 4.43 Å². The molecule has 0 radical (unpaired) electrons. The minimum absolute atomic E-state index is 0.846. The number of benzene rings is 2. The third-order valence-electron chi connectivity index (χ3n) is 3.22. The maximum atomic E-state index is 5.21. The molecule has 2 aromatic rings. The van der Waals surface area contributed by atoms with Crippen molar-refractivity contribution in [3.8, 4) is 11.1 Å². The maximum absolute atomic E-state index is 5.21. The van der Waals surface area contributed by atoms with Crippen LogP contribution in [0.2, 0.25) is 0 Å². The Morgan fingerprint density at radius 2 is 1.72 bits per heavy atom. The van der Waals surface area contributed by atoms with Crippen molar-refractivity contribution in [2.24, 2.45) is 0 Å². The summed E-state index contributed by atoms with van der Waals surface area (Å²) in [6.45, 7) is 3.05. The number of hydrogen-bond donors (Lipinski definition) is 0. The fourth-order valence-corrected chi connectivity index (χ4v) is 2.46. The molecule has 0 aliphatic carbocycles. The van der Waals surface area contributed by atoms with E-state index in [9.17, 15) is 0 Å². The molecule has 2 aromatic carbocycles. The van der Waals surface area contributed by atoms with E-state index in [2.05, 4.69) is 55.5 Å². The Balaban J connectivity index is 2.10. The second-order valence-electron chi connectivity index (χ2n) is 4.61. The normalized spacial score (nSPS) is 10.7. The predicted octanol–water partition coefficient (Wildman–Crippen LogP) is 2.89. The Kier molecular flexibility index (Phi) is 4.73. The van der Waals surface area contributed by atoms with Crippen LogP contribution in [0.1, 0.15) is 17.5 Å². The van der Waals surface area contributed by atoms with E-state index in [0.717, 1.165) is 29.9 Å². The summed E-state index contributed by atoms with van der Waals surface area (Å²) in [5, 5.41) is 0. The van der Waals surface area contributed by atoms with Crippen molar-refractivity contribution in [2.75, 3.05) is 6.61 Å². The number of hydrogen-bond acceptors (Lipinski definition) is 1. The molecule has 94 valence electrons. The van der Waals surface area contributed by atoms with E-state index < -0.39 is 0 Å². The van der Waals surface area contributed by atoms with Gasteiger partial charge in [0.15, 0.2) is 0 Å². The van der Waals surface area contributed by atoms with Gasteiger partial charge in [-0.25, -0.2) is 0 Å². The molecule has 0 aliphatic heterocycles. The number of aryl methyl sites for hydroxylation is 2. The van der Waals surface area contributed by atoms with E-state index in [0.29, 0.717) is 0 Å². The summed E-state index contributed by atoms with van der Waals surface area (Å²) in [6.07, 6.45) is 2.23. The van der Waals surface area contributed by atoms with Crippen molar-refractivity contribution >= 4 is 10.5 Å². The van der Waals surface area contributed by atoms with Gasteiger partial charge in [-0.15, -0.1) is 0 Å². The highest BCUT2D eigenvalue weighted by molar-refractivity contribution is 5.97. The van der Waals surface area contributed by atoms with Gasteiger partial charge in [0, 0.05) is 6.61 Å². The summed E-state index contributed by atoms with van der Waals surface area (Å²) < 4.78 is 5.21. The van der Waals surface area contributed by atoms with Crippen molar-refractivity contribution in [2.45, 2.75) is 19.8 Å². The lowest BCUT2D eigenvalue weighted by molar-refractivity contribution is 0.341. The minimum Gasteiger partial charge on any atom is -0.428 e. The molecule has 0 N–H and O–H groups in total. The third-order valence-corrected chi connectivity index (χ3v) is 3.63. The van der Waals surface area contributed by atoms with E-state index in [1.54, 1.807) is 0 Å². The average Bonchev–Trinajstić information content (AvgIpc) is 2.41. The molecule has 2 rings (SSSR count). The molecule has 18 heavy (non-hydrogen) atoms. The molecule has 0 aromatic heterocycles. The highest BCUT2D eigenvalue weighted by atomic mass is 28.2. The lowest BCUT2D eigenvalue weighted by Gasteiger charge is -2.07. The Bertz CT molecular complexity index is 491. The van der Waals surface area contributed by atoms with Gasteiger partial charge in [-0.05, 0) is 42.0 Å². The maximum Gasteiger partial charge on any atom is 0.145 e. The third kappa shape index (κ3) is 3.31. The van der Waals surface area contributed by atoms with Crippen LogP contribution in [-0.2, 0) is 10.8 Å². The fourth-order valence-electron chi connectivity index (χ4n) is 2.17. The van der Waals surface area contributed by atoms with Gasteiger partial charge in [0.2, 0.25) is 0 Å². The highest BCUT2D eigenvalue weighted by Gasteiger charge is 2.00. The smallest absolute Gasteiger partial charge is 0.145 e. The first-order valence-electron chi connectivity index (χ1n) is 6.45. The second-order valence-corrected chi connectivity index (χ2v) is 5.19. The van der Waals surface area contributed by atoms with E-state index in [-0.39, 0.29) is 0 Å². The first-order valence-corrected chi connectivity index (χ1v) is 7.27. The molecule has 0 fully saturated rings. The first-order chi connectivity index (χ1) is 8.81. The molecular weight excluding hydrogens is 236 g/mol. The van der Waals surface area contributed by atoms with Gasteiger partial charge in [0.25, 0.3) is 0 Å². The molecule has 2 heteroatoms. The van der Waals surface area contributed by atoms with Gasteiger partial charge in [-0.1, -0.05) is 48.5 Å². The van der Waals surface area contributed by atoms with Gasteiger partial charge in [0.1, 0.15) is 10.5 Å². The van der Waals surface area contributed by atoms with Crippen molar-refractivity contribution in [1.82, 2.24) is 0 Å². The molecule has 0 spiro atoms. The monoisotopic (exact) mass is 256 g/mol. The van der Waals surface area contributed by atoms with E-state index in [4.69, 9.17) is 4.43 Å². The zero-order valence-corrected chi connectivity index (χ0v) is 13.1. The second kappa shape index (κ2) is 6.52. The van der Waals surface area contributed by atoms with Crippen LogP contribution in [0, 0.1) is 6.92 Å². The molecule has 0 saturated heterocycles. The molecule has 0 unspecified atom stereocenters. The van der Waals surface area contributed by atoms with Gasteiger partial charge in [0.05, 0.1) is 0 Å². The summed E-state index contributed by atoms with van der Waals surface area (Å²) in [4.78, 5) is 0. The van der Waals surface area contributed by atoms with Crippen LogP contribution in [0.25, 0.3) is 11.1 Å².